The van der Waals surface area contributed by atoms with Gasteiger partial charge < -0.3 is 9.73 Å². The smallest absolute Gasteiger partial charge is 0.232 e. The van der Waals surface area contributed by atoms with Gasteiger partial charge in [0.1, 0.15) is 6.07 Å². The molecule has 1 aromatic heterocycles. The lowest BCUT2D eigenvalue weighted by Gasteiger charge is -2.28. The summed E-state index contributed by atoms with van der Waals surface area (Å²) in [4.78, 5) is 6.60. The third-order valence-corrected chi connectivity index (χ3v) is 4.65. The van der Waals surface area contributed by atoms with Crippen molar-refractivity contribution >= 4 is 5.88 Å². The molecule has 1 fully saturated rings. The molecule has 126 valence electrons. The van der Waals surface area contributed by atoms with Gasteiger partial charge in [-0.3, -0.25) is 4.90 Å². The van der Waals surface area contributed by atoms with Crippen LogP contribution in [0.25, 0.3) is 0 Å². The summed E-state index contributed by atoms with van der Waals surface area (Å²) in [6.45, 7) is 6.86. The Morgan fingerprint density at radius 3 is 2.62 bits per heavy atom. The maximum Gasteiger partial charge on any atom is 0.232 e. The van der Waals surface area contributed by atoms with E-state index < -0.39 is 0 Å². The van der Waals surface area contributed by atoms with Crippen molar-refractivity contribution in [3.05, 3.63) is 47.0 Å². The van der Waals surface area contributed by atoms with Gasteiger partial charge in [0.05, 0.1) is 6.04 Å². The lowest BCUT2D eigenvalue weighted by atomic mass is 10.0. The van der Waals surface area contributed by atoms with Crippen LogP contribution in [0.3, 0.4) is 0 Å². The molecular formula is C19H24N4O. The summed E-state index contributed by atoms with van der Waals surface area (Å²) >= 11 is 0. The SMILES string of the molecule is CCc1ccc([C@@H](CNc2oc(C)nc2C#N)N2CCCC2)cc1. The van der Waals surface area contributed by atoms with Crippen LogP contribution in [0.5, 0.6) is 0 Å². The summed E-state index contributed by atoms with van der Waals surface area (Å²) in [6.07, 6.45) is 3.54. The summed E-state index contributed by atoms with van der Waals surface area (Å²) in [5.74, 6) is 0.989. The van der Waals surface area contributed by atoms with Gasteiger partial charge in [0, 0.05) is 13.5 Å². The standard InChI is InChI=1S/C19H24N4O/c1-3-15-6-8-16(9-7-15)18(23-10-4-5-11-23)13-21-19-17(12-20)22-14(2)24-19/h6-9,18,21H,3-5,10-11,13H2,1-2H3/t18-/m1/s1. The molecule has 1 N–H and O–H groups in total. The number of nitrogens with one attached hydrogen (secondary N) is 1. The highest BCUT2D eigenvalue weighted by Gasteiger charge is 2.24. The molecule has 0 bridgehead atoms. The lowest BCUT2D eigenvalue weighted by Crippen LogP contribution is -2.31. The zero-order chi connectivity index (χ0) is 16.9. The predicted molar refractivity (Wildman–Crippen MR) is 93.8 cm³/mol. The fourth-order valence-corrected chi connectivity index (χ4v) is 3.30. The van der Waals surface area contributed by atoms with Gasteiger partial charge in [-0.2, -0.15) is 5.26 Å². The van der Waals surface area contributed by atoms with Crippen molar-refractivity contribution in [3.63, 3.8) is 0 Å². The van der Waals surface area contributed by atoms with Gasteiger partial charge in [0.25, 0.3) is 0 Å². The largest absolute Gasteiger partial charge is 0.424 e. The van der Waals surface area contributed by atoms with Crippen molar-refractivity contribution < 1.29 is 4.42 Å². The molecule has 5 heteroatoms. The van der Waals surface area contributed by atoms with Crippen molar-refractivity contribution in [2.75, 3.05) is 25.0 Å². The number of anilines is 1. The molecule has 0 unspecified atom stereocenters. The zero-order valence-corrected chi connectivity index (χ0v) is 14.4. The van der Waals surface area contributed by atoms with Crippen LogP contribution in [-0.2, 0) is 6.42 Å². The molecule has 0 aliphatic carbocycles. The molecule has 1 aliphatic heterocycles. The number of likely N-dealkylation sites (tertiary alicyclic amines) is 1. The number of oxazole rings is 1. The summed E-state index contributed by atoms with van der Waals surface area (Å²) in [5, 5.41) is 12.5. The van der Waals surface area contributed by atoms with Crippen molar-refractivity contribution in [2.24, 2.45) is 0 Å². The van der Waals surface area contributed by atoms with Gasteiger partial charge in [-0.15, -0.1) is 0 Å². The topological polar surface area (TPSA) is 65.1 Å². The van der Waals surface area contributed by atoms with Crippen molar-refractivity contribution in [1.82, 2.24) is 9.88 Å². The number of nitrogens with zero attached hydrogens (tertiary/aromatic N) is 3. The minimum atomic E-state index is 0.273. The van der Waals surface area contributed by atoms with E-state index >= 15 is 0 Å². The zero-order valence-electron chi connectivity index (χ0n) is 14.4. The van der Waals surface area contributed by atoms with Crippen molar-refractivity contribution in [1.29, 1.82) is 5.26 Å². The second-order valence-corrected chi connectivity index (χ2v) is 6.26. The Labute approximate surface area is 143 Å². The molecule has 5 nitrogen and oxygen atoms in total. The van der Waals surface area contributed by atoms with Gasteiger partial charge in [-0.1, -0.05) is 31.2 Å². The molecule has 24 heavy (non-hydrogen) atoms. The second kappa shape index (κ2) is 7.50. The summed E-state index contributed by atoms with van der Waals surface area (Å²) < 4.78 is 5.53. The molecule has 0 amide bonds. The van der Waals surface area contributed by atoms with E-state index in [1.807, 2.05) is 0 Å². The quantitative estimate of drug-likeness (QED) is 0.878. The molecule has 1 saturated heterocycles. The van der Waals surface area contributed by atoms with Gasteiger partial charge in [-0.05, 0) is 43.5 Å². The molecule has 2 heterocycles. The Kier molecular flexibility index (Phi) is 5.17. The molecule has 1 aromatic carbocycles. The van der Waals surface area contributed by atoms with Crippen LogP contribution in [-0.4, -0.2) is 29.5 Å². The first-order valence-electron chi connectivity index (χ1n) is 8.65. The minimum Gasteiger partial charge on any atom is -0.424 e. The fourth-order valence-electron chi connectivity index (χ4n) is 3.30. The van der Waals surface area contributed by atoms with E-state index in [2.05, 4.69) is 52.5 Å². The van der Waals surface area contributed by atoms with Crippen LogP contribution < -0.4 is 5.32 Å². The Morgan fingerprint density at radius 1 is 1.29 bits per heavy atom. The summed E-state index contributed by atoms with van der Waals surface area (Å²) in [5.41, 5.74) is 2.98. The van der Waals surface area contributed by atoms with E-state index in [-0.39, 0.29) is 6.04 Å². The second-order valence-electron chi connectivity index (χ2n) is 6.26. The third kappa shape index (κ3) is 3.60. The highest BCUT2D eigenvalue weighted by atomic mass is 16.4. The number of hydrogen-bond donors (Lipinski definition) is 1. The van der Waals surface area contributed by atoms with E-state index in [1.54, 1.807) is 6.92 Å². The Morgan fingerprint density at radius 2 is 2.00 bits per heavy atom. The van der Waals surface area contributed by atoms with E-state index in [0.29, 0.717) is 24.0 Å². The normalized spacial score (nSPS) is 16.0. The van der Waals surface area contributed by atoms with Gasteiger partial charge >= 0.3 is 0 Å². The van der Waals surface area contributed by atoms with E-state index in [1.165, 1.54) is 24.0 Å². The monoisotopic (exact) mass is 324 g/mol. The van der Waals surface area contributed by atoms with Crippen LogP contribution in [0, 0.1) is 18.3 Å². The number of hydrogen-bond acceptors (Lipinski definition) is 5. The maximum absolute atomic E-state index is 9.16. The molecule has 0 radical (unpaired) electrons. The van der Waals surface area contributed by atoms with Crippen LogP contribution in [0.1, 0.15) is 48.5 Å². The van der Waals surface area contributed by atoms with E-state index in [0.717, 1.165) is 19.5 Å². The number of nitriles is 1. The van der Waals surface area contributed by atoms with Crippen LogP contribution in [0.4, 0.5) is 5.88 Å². The first-order chi connectivity index (χ1) is 11.7. The average molecular weight is 324 g/mol. The number of rotatable bonds is 6. The highest BCUT2D eigenvalue weighted by Crippen LogP contribution is 2.27. The van der Waals surface area contributed by atoms with Crippen LogP contribution in [0.15, 0.2) is 28.7 Å². The highest BCUT2D eigenvalue weighted by molar-refractivity contribution is 5.45. The van der Waals surface area contributed by atoms with Gasteiger partial charge in [0.2, 0.25) is 11.6 Å². The van der Waals surface area contributed by atoms with E-state index in [4.69, 9.17) is 9.68 Å². The van der Waals surface area contributed by atoms with E-state index in [9.17, 15) is 0 Å². The van der Waals surface area contributed by atoms with Gasteiger partial charge in [-0.25, -0.2) is 4.98 Å². The first-order valence-corrected chi connectivity index (χ1v) is 8.65. The molecular weight excluding hydrogens is 300 g/mol. The van der Waals surface area contributed by atoms with Crippen molar-refractivity contribution in [2.45, 2.75) is 39.2 Å². The van der Waals surface area contributed by atoms with Crippen LogP contribution >= 0.6 is 0 Å². The minimum absolute atomic E-state index is 0.273. The summed E-state index contributed by atoms with van der Waals surface area (Å²) in [6, 6.07) is 11.2. The first kappa shape index (κ1) is 16.5. The lowest BCUT2D eigenvalue weighted by molar-refractivity contribution is 0.255. The Hall–Kier alpha value is -2.32. The third-order valence-electron chi connectivity index (χ3n) is 4.65. The molecule has 0 saturated carbocycles. The molecule has 1 aliphatic rings. The molecule has 1 atom stereocenters. The molecule has 2 aromatic rings. The average Bonchev–Trinajstić information content (AvgIpc) is 3.25. The Bertz CT molecular complexity index is 708. The van der Waals surface area contributed by atoms with Gasteiger partial charge in [0.15, 0.2) is 5.89 Å². The molecule has 3 rings (SSSR count). The number of aromatic nitrogens is 1. The van der Waals surface area contributed by atoms with Crippen molar-refractivity contribution in [3.8, 4) is 6.07 Å². The number of aryl methyl sites for hydroxylation is 2. The predicted octanol–water partition coefficient (Wildman–Crippen LogP) is 3.67. The fraction of sp³-hybridized carbons (Fsp3) is 0.474. The Balaban J connectivity index is 1.78. The molecule has 0 spiro atoms. The maximum atomic E-state index is 9.16. The summed E-state index contributed by atoms with van der Waals surface area (Å²) in [7, 11) is 0. The van der Waals surface area contributed by atoms with Crippen LogP contribution in [0.2, 0.25) is 0 Å². The number of benzene rings is 1.